The molecule has 1 rings (SSSR count). The third kappa shape index (κ3) is 20.1. The number of rotatable bonds is 2. The zero-order valence-corrected chi connectivity index (χ0v) is 13.6. The minimum Gasteiger partial charge on any atom is -0.479 e. The average Bonchev–Trinajstić information content (AvgIpc) is 2.66. The van der Waals surface area contributed by atoms with Crippen LogP contribution in [0, 0.1) is 5.41 Å². The number of nitrogens with two attached hydrogens (primary N) is 1. The number of nitrogens with zero attached hydrogens (tertiary/aromatic N) is 1. The van der Waals surface area contributed by atoms with Crippen LogP contribution in [0.4, 0.5) is 0 Å². The topological polar surface area (TPSA) is 169 Å². The van der Waals surface area contributed by atoms with Gasteiger partial charge in [-0.1, -0.05) is 6.92 Å². The molecule has 22 heavy (non-hydrogen) atoms. The number of carbonyl (C=O) groups is 3. The predicted octanol–water partition coefficient (Wildman–Crippen LogP) is -1.85. The highest BCUT2D eigenvalue weighted by Crippen LogP contribution is 1.89. The summed E-state index contributed by atoms with van der Waals surface area (Å²) in [6.07, 6.45) is -0.907. The van der Waals surface area contributed by atoms with Gasteiger partial charge >= 0.3 is 5.97 Å². The molecule has 130 valence electrons. The maximum atomic E-state index is 10.4. The first-order valence-electron chi connectivity index (χ1n) is 6.38. The van der Waals surface area contributed by atoms with E-state index in [2.05, 4.69) is 16.4 Å². The van der Waals surface area contributed by atoms with Gasteiger partial charge in [-0.25, -0.2) is 4.79 Å². The van der Waals surface area contributed by atoms with Gasteiger partial charge in [0.2, 0.25) is 11.8 Å². The molecule has 1 unspecified atom stereocenters. The maximum absolute atomic E-state index is 10.4. The Labute approximate surface area is 130 Å². The lowest BCUT2D eigenvalue weighted by molar-refractivity contribution is -0.146. The van der Waals surface area contributed by atoms with E-state index in [0.29, 0.717) is 6.54 Å². The van der Waals surface area contributed by atoms with Crippen molar-refractivity contribution < 1.29 is 24.6 Å². The quantitative estimate of drug-likeness (QED) is 0.347. The molecular weight excluding hydrogens is 294 g/mol. The highest BCUT2D eigenvalue weighted by Gasteiger charge is 2.18. The molecule has 1 atom stereocenters. The second-order valence-corrected chi connectivity index (χ2v) is 4.13. The van der Waals surface area contributed by atoms with Crippen LogP contribution in [0.2, 0.25) is 0 Å². The number of hydrogen-bond donors (Lipinski definition) is 6. The number of aliphatic carboxylic acids is 1. The van der Waals surface area contributed by atoms with Crippen molar-refractivity contribution in [3.8, 4) is 0 Å². The largest absolute Gasteiger partial charge is 0.479 e. The van der Waals surface area contributed by atoms with Crippen molar-refractivity contribution in [2.24, 2.45) is 5.73 Å². The van der Waals surface area contributed by atoms with E-state index in [4.69, 9.17) is 15.6 Å². The molecule has 0 radical (unpaired) electrons. The van der Waals surface area contributed by atoms with E-state index >= 15 is 0 Å². The second kappa shape index (κ2) is 15.2. The van der Waals surface area contributed by atoms with Crippen LogP contribution < -0.4 is 16.4 Å². The first kappa shape index (κ1) is 24.8. The molecule has 7 N–H and O–H groups in total. The van der Waals surface area contributed by atoms with Gasteiger partial charge in [0.05, 0.1) is 6.54 Å². The number of primary amides is 1. The van der Waals surface area contributed by atoms with Crippen LogP contribution in [0.5, 0.6) is 0 Å². The lowest BCUT2D eigenvalue weighted by Gasteiger charge is -2.03. The Morgan fingerprint density at radius 1 is 1.50 bits per heavy atom. The van der Waals surface area contributed by atoms with E-state index in [1.54, 1.807) is 18.9 Å². The summed E-state index contributed by atoms with van der Waals surface area (Å²) in [6, 6.07) is 0. The van der Waals surface area contributed by atoms with E-state index in [1.807, 2.05) is 14.1 Å². The van der Waals surface area contributed by atoms with Crippen LogP contribution >= 0.6 is 0 Å². The highest BCUT2D eigenvalue weighted by molar-refractivity contribution is 6.02. The number of likely N-dealkylation sites (N-methyl/N-ethyl adjacent to an activating group) is 1. The van der Waals surface area contributed by atoms with Crippen LogP contribution in [0.1, 0.15) is 20.3 Å². The molecule has 0 saturated carbocycles. The van der Waals surface area contributed by atoms with Crippen molar-refractivity contribution in [2.45, 2.75) is 26.4 Å². The first-order valence-corrected chi connectivity index (χ1v) is 6.38. The molecule has 1 aliphatic heterocycles. The molecule has 0 spiro atoms. The molecular formula is C12H27N5O5. The van der Waals surface area contributed by atoms with Crippen molar-refractivity contribution in [3.63, 3.8) is 0 Å². The molecule has 0 aromatic rings. The van der Waals surface area contributed by atoms with E-state index in [9.17, 15) is 14.4 Å². The minimum atomic E-state index is -1.18. The van der Waals surface area contributed by atoms with Gasteiger partial charge in [0.15, 0.2) is 12.1 Å². The summed E-state index contributed by atoms with van der Waals surface area (Å²) < 4.78 is 0. The summed E-state index contributed by atoms with van der Waals surface area (Å²) in [5, 5.41) is 28.3. The number of nitrogens with one attached hydrogen (secondary N) is 3. The zero-order valence-electron chi connectivity index (χ0n) is 13.6. The molecule has 1 fully saturated rings. The molecule has 0 aromatic carbocycles. The number of carboxylic acids is 1. The minimum absolute atomic E-state index is 0.0995. The Balaban J connectivity index is -0.000000236. The van der Waals surface area contributed by atoms with E-state index in [0.717, 1.165) is 0 Å². The van der Waals surface area contributed by atoms with E-state index in [1.165, 1.54) is 6.92 Å². The Morgan fingerprint density at radius 3 is 1.91 bits per heavy atom. The molecule has 1 saturated heterocycles. The predicted molar refractivity (Wildman–Crippen MR) is 82.3 cm³/mol. The number of guanidine groups is 1. The standard InChI is InChI=1S/C4H7N3O.C4H8O3.C2H5NO.C2H7N/c1-7-2-3(8)6-4(7)5;1-2-3(5)4(6)7;1-2(3)4;1-3-2/h2H2,1H3,(H2,5,6,8);3,5H,2H2,1H3,(H,6,7);1H3,(H2,3,4);3H,1-2H3. The van der Waals surface area contributed by atoms with Crippen LogP contribution in [0.25, 0.3) is 0 Å². The fraction of sp³-hybridized carbons (Fsp3) is 0.667. The van der Waals surface area contributed by atoms with Gasteiger partial charge in [-0.15, -0.1) is 0 Å². The second-order valence-electron chi connectivity index (χ2n) is 4.13. The molecule has 1 aliphatic rings. The third-order valence-corrected chi connectivity index (χ3v) is 1.69. The monoisotopic (exact) mass is 321 g/mol. The number of carbonyl (C=O) groups excluding carboxylic acids is 2. The zero-order chi connectivity index (χ0) is 18.3. The summed E-state index contributed by atoms with van der Waals surface area (Å²) in [4.78, 5) is 30.8. The van der Waals surface area contributed by atoms with E-state index < -0.39 is 12.1 Å². The smallest absolute Gasteiger partial charge is 0.332 e. The molecule has 10 heteroatoms. The molecule has 2 amide bonds. The molecule has 0 aliphatic carbocycles. The lowest BCUT2D eigenvalue weighted by Crippen LogP contribution is -2.25. The van der Waals surface area contributed by atoms with Crippen LogP contribution in [0.3, 0.4) is 0 Å². The van der Waals surface area contributed by atoms with Gasteiger partial charge in [0.1, 0.15) is 0 Å². The number of hydrogen-bond acceptors (Lipinski definition) is 6. The summed E-state index contributed by atoms with van der Waals surface area (Å²) in [6.45, 7) is 3.23. The molecule has 0 bridgehead atoms. The van der Waals surface area contributed by atoms with Crippen LogP contribution in [-0.2, 0) is 14.4 Å². The Kier molecular flexibility index (Phi) is 17.1. The van der Waals surface area contributed by atoms with Gasteiger partial charge in [0.25, 0.3) is 0 Å². The highest BCUT2D eigenvalue weighted by atomic mass is 16.4. The molecule has 10 nitrogen and oxygen atoms in total. The van der Waals surface area contributed by atoms with Gasteiger partial charge < -0.3 is 26.2 Å². The van der Waals surface area contributed by atoms with Crippen LogP contribution in [0.15, 0.2) is 0 Å². The summed E-state index contributed by atoms with van der Waals surface area (Å²) in [5.41, 5.74) is 4.47. The lowest BCUT2D eigenvalue weighted by atomic mass is 10.3. The molecule has 1 heterocycles. The summed E-state index contributed by atoms with van der Waals surface area (Å²) in [5.74, 6) is -1.39. The van der Waals surface area contributed by atoms with Gasteiger partial charge in [-0.05, 0) is 20.5 Å². The Bertz CT molecular complexity index is 358. The maximum Gasteiger partial charge on any atom is 0.332 e. The van der Waals surface area contributed by atoms with Crippen molar-refractivity contribution >= 4 is 23.7 Å². The fourth-order valence-corrected chi connectivity index (χ4v) is 0.736. The van der Waals surface area contributed by atoms with Crippen molar-refractivity contribution in [3.05, 3.63) is 0 Å². The summed E-state index contributed by atoms with van der Waals surface area (Å²) >= 11 is 0. The Morgan fingerprint density at radius 2 is 1.86 bits per heavy atom. The number of aliphatic hydroxyl groups excluding tert-OH is 1. The van der Waals surface area contributed by atoms with Gasteiger partial charge in [0, 0.05) is 14.0 Å². The average molecular weight is 321 g/mol. The van der Waals surface area contributed by atoms with Crippen molar-refractivity contribution in [2.75, 3.05) is 27.7 Å². The first-order chi connectivity index (χ1) is 10.0. The normalized spacial score (nSPS) is 13.3. The van der Waals surface area contributed by atoms with Gasteiger partial charge in [-0.2, -0.15) is 0 Å². The number of amides is 2. The van der Waals surface area contributed by atoms with E-state index in [-0.39, 0.29) is 24.2 Å². The number of aliphatic hydroxyl groups is 1. The van der Waals surface area contributed by atoms with Gasteiger partial charge in [-0.3, -0.25) is 20.3 Å². The Hall–Kier alpha value is -2.20. The molecule has 0 aromatic heterocycles. The number of carboxylic acid groups (broad SMARTS) is 1. The van der Waals surface area contributed by atoms with Crippen LogP contribution in [-0.4, -0.2) is 72.6 Å². The van der Waals surface area contributed by atoms with Crippen molar-refractivity contribution in [1.82, 2.24) is 15.5 Å². The van der Waals surface area contributed by atoms with Crippen molar-refractivity contribution in [1.29, 1.82) is 5.41 Å². The fourth-order valence-electron chi connectivity index (χ4n) is 0.736. The third-order valence-electron chi connectivity index (χ3n) is 1.69. The summed E-state index contributed by atoms with van der Waals surface area (Å²) in [7, 11) is 5.44. The SMILES string of the molecule is CC(N)=O.CCC(O)C(=O)O.CN1CC(=O)NC1=N.CNC.